The van der Waals surface area contributed by atoms with E-state index in [4.69, 9.17) is 9.15 Å². The number of halogens is 3. The Balaban J connectivity index is 2.01. The lowest BCUT2D eigenvalue weighted by atomic mass is 10.2. The molecule has 2 aromatic heterocycles. The van der Waals surface area contributed by atoms with Crippen LogP contribution in [0.4, 0.5) is 13.2 Å². The largest absolute Gasteiger partial charge is 0.482 e. The van der Waals surface area contributed by atoms with Crippen molar-refractivity contribution in [2.24, 2.45) is 0 Å². The number of carbonyl (C=O) groups is 1. The second-order valence-electron chi connectivity index (χ2n) is 5.12. The first-order chi connectivity index (χ1) is 11.8. The summed E-state index contributed by atoms with van der Waals surface area (Å²) in [6.45, 7) is 3.28. The van der Waals surface area contributed by atoms with Crippen molar-refractivity contribution < 1.29 is 27.1 Å². The number of nitrogens with one attached hydrogen (secondary N) is 1. The first-order valence-electron chi connectivity index (χ1n) is 7.15. The summed E-state index contributed by atoms with van der Waals surface area (Å²) in [6.07, 6.45) is -0.350. The molecular weight excluding hydrogens is 341 g/mol. The third-order valence-electron chi connectivity index (χ3n) is 3.04. The Morgan fingerprint density at radius 3 is 2.84 bits per heavy atom. The number of pyridine rings is 1. The molecule has 0 saturated carbocycles. The van der Waals surface area contributed by atoms with Gasteiger partial charge in [-0.15, -0.1) is 10.2 Å². The Bertz CT molecular complexity index is 758. The van der Waals surface area contributed by atoms with Crippen molar-refractivity contribution in [1.82, 2.24) is 20.5 Å². The summed E-state index contributed by atoms with van der Waals surface area (Å²) in [6, 6.07) is 0.614. The number of ether oxygens (including phenoxy) is 1. The molecular formula is C15H15F3N4O3. The molecule has 1 N–H and O–H groups in total. The molecule has 1 amide bonds. The molecule has 0 fully saturated rings. The highest BCUT2D eigenvalue weighted by atomic mass is 19.4. The van der Waals surface area contributed by atoms with E-state index in [1.165, 1.54) is 0 Å². The summed E-state index contributed by atoms with van der Waals surface area (Å²) in [4.78, 5) is 13.9. The minimum atomic E-state index is -4.50. The summed E-state index contributed by atoms with van der Waals surface area (Å²) in [5.74, 6) is 0.252. The van der Waals surface area contributed by atoms with E-state index in [-0.39, 0.29) is 30.2 Å². The van der Waals surface area contributed by atoms with E-state index in [0.717, 1.165) is 12.3 Å². The summed E-state index contributed by atoms with van der Waals surface area (Å²) in [5.41, 5.74) is -0.270. The van der Waals surface area contributed by atoms with Crippen LogP contribution in [0.3, 0.4) is 0 Å². The number of rotatable bonds is 7. The Morgan fingerprint density at radius 2 is 2.16 bits per heavy atom. The minimum Gasteiger partial charge on any atom is -0.482 e. The molecule has 1 atom stereocenters. The van der Waals surface area contributed by atoms with Crippen molar-refractivity contribution in [1.29, 1.82) is 0 Å². The van der Waals surface area contributed by atoms with E-state index in [2.05, 4.69) is 20.5 Å². The predicted molar refractivity (Wildman–Crippen MR) is 80.2 cm³/mol. The fraction of sp³-hybridized carbons (Fsp3) is 0.333. The zero-order valence-electron chi connectivity index (χ0n) is 13.4. The molecule has 0 aliphatic carbocycles. The van der Waals surface area contributed by atoms with Crippen LogP contribution in [0, 0.1) is 0 Å². The monoisotopic (exact) mass is 356 g/mol. The summed E-state index contributed by atoms with van der Waals surface area (Å²) in [5, 5.41) is 10.1. The zero-order valence-corrected chi connectivity index (χ0v) is 13.4. The van der Waals surface area contributed by atoms with Gasteiger partial charge in [0.1, 0.15) is 5.75 Å². The SMILES string of the molecule is C/C(=C\C(C)NC=O)c1nnc(COc2cncc(C(F)(F)F)c2)o1. The van der Waals surface area contributed by atoms with E-state index >= 15 is 0 Å². The summed E-state index contributed by atoms with van der Waals surface area (Å²) in [7, 11) is 0. The third-order valence-corrected chi connectivity index (χ3v) is 3.04. The molecule has 0 aliphatic rings. The number of hydrogen-bond acceptors (Lipinski definition) is 6. The molecule has 0 radical (unpaired) electrons. The molecule has 0 aromatic carbocycles. The van der Waals surface area contributed by atoms with E-state index in [9.17, 15) is 18.0 Å². The lowest BCUT2D eigenvalue weighted by molar-refractivity contribution is -0.138. The predicted octanol–water partition coefficient (Wildman–Crippen LogP) is 2.60. The first-order valence-corrected chi connectivity index (χ1v) is 7.15. The molecule has 2 aromatic rings. The number of carbonyl (C=O) groups excluding carboxylic acids is 1. The number of alkyl halides is 3. The van der Waals surface area contributed by atoms with Crippen LogP contribution >= 0.6 is 0 Å². The van der Waals surface area contributed by atoms with Gasteiger partial charge < -0.3 is 14.5 Å². The lowest BCUT2D eigenvalue weighted by Crippen LogP contribution is -2.21. The summed E-state index contributed by atoms with van der Waals surface area (Å²) < 4.78 is 48.4. The highest BCUT2D eigenvalue weighted by Gasteiger charge is 2.31. The molecule has 0 aliphatic heterocycles. The number of aromatic nitrogens is 3. The molecule has 134 valence electrons. The topological polar surface area (TPSA) is 90.1 Å². The maximum absolute atomic E-state index is 12.6. The average Bonchev–Trinajstić information content (AvgIpc) is 3.02. The first kappa shape index (κ1) is 18.4. The van der Waals surface area contributed by atoms with Gasteiger partial charge in [-0.05, 0) is 19.9 Å². The molecule has 0 saturated heterocycles. The van der Waals surface area contributed by atoms with Gasteiger partial charge in [0.15, 0.2) is 6.61 Å². The highest BCUT2D eigenvalue weighted by Crippen LogP contribution is 2.30. The van der Waals surface area contributed by atoms with Crippen LogP contribution in [0.5, 0.6) is 5.75 Å². The smallest absolute Gasteiger partial charge is 0.418 e. The number of amides is 1. The van der Waals surface area contributed by atoms with Crippen molar-refractivity contribution in [3.05, 3.63) is 41.9 Å². The molecule has 0 bridgehead atoms. The van der Waals surface area contributed by atoms with Gasteiger partial charge in [0.25, 0.3) is 5.89 Å². The standard InChI is InChI=1S/C15H15F3N4O3/c1-9(3-10(2)20-8-23)14-22-21-13(25-14)7-24-12-4-11(5-19-6-12)15(16,17)18/h3-6,8,10H,7H2,1-2H3,(H,20,23)/b9-3+. The maximum Gasteiger partial charge on any atom is 0.418 e. The molecule has 2 rings (SSSR count). The van der Waals surface area contributed by atoms with Crippen LogP contribution in [-0.4, -0.2) is 27.6 Å². The van der Waals surface area contributed by atoms with Crippen molar-refractivity contribution in [3.8, 4) is 5.75 Å². The van der Waals surface area contributed by atoms with Crippen molar-refractivity contribution in [3.63, 3.8) is 0 Å². The van der Waals surface area contributed by atoms with Gasteiger partial charge in [-0.3, -0.25) is 9.78 Å². The average molecular weight is 356 g/mol. The van der Waals surface area contributed by atoms with Crippen LogP contribution in [0.1, 0.15) is 31.2 Å². The van der Waals surface area contributed by atoms with Gasteiger partial charge in [-0.2, -0.15) is 13.2 Å². The van der Waals surface area contributed by atoms with Crippen LogP contribution in [0.25, 0.3) is 5.57 Å². The highest BCUT2D eigenvalue weighted by molar-refractivity contribution is 5.57. The third kappa shape index (κ3) is 5.30. The molecule has 2 heterocycles. The Labute approximate surface area is 140 Å². The number of hydrogen-bond donors (Lipinski definition) is 1. The fourth-order valence-electron chi connectivity index (χ4n) is 1.87. The second-order valence-corrected chi connectivity index (χ2v) is 5.12. The van der Waals surface area contributed by atoms with E-state index in [1.54, 1.807) is 19.9 Å². The quantitative estimate of drug-likeness (QED) is 0.767. The maximum atomic E-state index is 12.6. The van der Waals surface area contributed by atoms with Gasteiger partial charge in [0.05, 0.1) is 11.8 Å². The van der Waals surface area contributed by atoms with Gasteiger partial charge in [0, 0.05) is 17.8 Å². The molecule has 7 nitrogen and oxygen atoms in total. The second kappa shape index (κ2) is 7.77. The molecule has 0 spiro atoms. The number of nitrogens with zero attached hydrogens (tertiary/aromatic N) is 3. The van der Waals surface area contributed by atoms with Gasteiger partial charge >= 0.3 is 6.18 Å². The molecule has 25 heavy (non-hydrogen) atoms. The molecule has 1 unspecified atom stereocenters. The van der Waals surface area contributed by atoms with Crippen molar-refractivity contribution >= 4 is 12.0 Å². The van der Waals surface area contributed by atoms with Crippen molar-refractivity contribution in [2.75, 3.05) is 0 Å². The van der Waals surface area contributed by atoms with Crippen LogP contribution in [0.15, 0.2) is 29.0 Å². The lowest BCUT2D eigenvalue weighted by Gasteiger charge is -2.08. The summed E-state index contributed by atoms with van der Waals surface area (Å²) >= 11 is 0. The van der Waals surface area contributed by atoms with E-state index in [1.807, 2.05) is 0 Å². The Kier molecular flexibility index (Phi) is 5.73. The molecule has 10 heteroatoms. The van der Waals surface area contributed by atoms with Gasteiger partial charge in [0.2, 0.25) is 12.3 Å². The van der Waals surface area contributed by atoms with Crippen molar-refractivity contribution in [2.45, 2.75) is 32.7 Å². The van der Waals surface area contributed by atoms with Crippen LogP contribution < -0.4 is 10.1 Å². The fourth-order valence-corrected chi connectivity index (χ4v) is 1.87. The number of allylic oxidation sites excluding steroid dienone is 1. The van der Waals surface area contributed by atoms with E-state index in [0.29, 0.717) is 18.2 Å². The van der Waals surface area contributed by atoms with Gasteiger partial charge in [-0.25, -0.2) is 0 Å². The Morgan fingerprint density at radius 1 is 1.40 bits per heavy atom. The van der Waals surface area contributed by atoms with Crippen LogP contribution in [-0.2, 0) is 17.6 Å². The normalized spacial score (nSPS) is 13.4. The minimum absolute atomic E-state index is 0.0642. The Hall–Kier alpha value is -2.91. The van der Waals surface area contributed by atoms with Crippen LogP contribution in [0.2, 0.25) is 0 Å². The van der Waals surface area contributed by atoms with E-state index < -0.39 is 11.7 Å². The van der Waals surface area contributed by atoms with Gasteiger partial charge in [-0.1, -0.05) is 6.08 Å². The zero-order chi connectivity index (χ0) is 18.4.